The van der Waals surface area contributed by atoms with Crippen LogP contribution >= 0.6 is 0 Å². The molecule has 1 N–H and O–H groups in total. The quantitative estimate of drug-likeness (QED) is 0.765. The Kier molecular flexibility index (Phi) is 2.78. The molecular weight excluding hydrogens is 194 g/mol. The van der Waals surface area contributed by atoms with Crippen LogP contribution in [-0.2, 0) is 0 Å². The van der Waals surface area contributed by atoms with Gasteiger partial charge in [0.1, 0.15) is 0 Å². The second kappa shape index (κ2) is 4.01. The van der Waals surface area contributed by atoms with E-state index in [0.29, 0.717) is 5.41 Å². The van der Waals surface area contributed by atoms with Crippen molar-refractivity contribution >= 4 is 0 Å². The molecule has 3 aliphatic rings. The average Bonchev–Trinajstić information content (AvgIpc) is 3.09. The topological polar surface area (TPSA) is 12.0 Å². The highest BCUT2D eigenvalue weighted by atomic mass is 14.9. The Hall–Kier alpha value is -0.0400. The van der Waals surface area contributed by atoms with Crippen molar-refractivity contribution in [2.75, 3.05) is 6.54 Å². The smallest absolute Gasteiger partial charge is 0.00683 e. The summed E-state index contributed by atoms with van der Waals surface area (Å²) in [5.74, 6) is 3.15. The summed E-state index contributed by atoms with van der Waals surface area (Å²) in [6.45, 7) is 6.28. The van der Waals surface area contributed by atoms with Crippen LogP contribution in [0.4, 0.5) is 0 Å². The third-order valence-electron chi connectivity index (χ3n) is 5.06. The minimum Gasteiger partial charge on any atom is -0.314 e. The van der Waals surface area contributed by atoms with Gasteiger partial charge in [-0.25, -0.2) is 0 Å². The van der Waals surface area contributed by atoms with Crippen molar-refractivity contribution in [3.8, 4) is 0 Å². The lowest BCUT2D eigenvalue weighted by Gasteiger charge is -2.41. The molecule has 0 aromatic carbocycles. The summed E-state index contributed by atoms with van der Waals surface area (Å²) >= 11 is 0. The van der Waals surface area contributed by atoms with Gasteiger partial charge in [0, 0.05) is 6.04 Å². The van der Waals surface area contributed by atoms with Crippen LogP contribution in [0.25, 0.3) is 0 Å². The summed E-state index contributed by atoms with van der Waals surface area (Å²) in [6.07, 6.45) is 10.4. The Morgan fingerprint density at radius 3 is 2.44 bits per heavy atom. The van der Waals surface area contributed by atoms with E-state index in [-0.39, 0.29) is 0 Å². The van der Waals surface area contributed by atoms with Gasteiger partial charge >= 0.3 is 0 Å². The molecule has 2 unspecified atom stereocenters. The first-order chi connectivity index (χ1) is 7.64. The van der Waals surface area contributed by atoms with Gasteiger partial charge in [0.15, 0.2) is 0 Å². The number of nitrogens with one attached hydrogen (secondary N) is 1. The van der Waals surface area contributed by atoms with Gasteiger partial charge in [-0.1, -0.05) is 13.8 Å². The molecule has 1 heteroatoms. The Labute approximate surface area is 100 Å². The van der Waals surface area contributed by atoms with Crippen LogP contribution in [0.3, 0.4) is 0 Å². The highest BCUT2D eigenvalue weighted by Crippen LogP contribution is 2.51. The number of hydrogen-bond acceptors (Lipinski definition) is 1. The predicted octanol–water partition coefficient (Wildman–Crippen LogP) is 3.59. The maximum atomic E-state index is 3.77. The summed E-state index contributed by atoms with van der Waals surface area (Å²) in [6, 6.07) is 0.898. The van der Waals surface area contributed by atoms with Crippen molar-refractivity contribution in [2.24, 2.45) is 23.2 Å². The van der Waals surface area contributed by atoms with Gasteiger partial charge in [-0.15, -0.1) is 0 Å². The first kappa shape index (κ1) is 11.1. The van der Waals surface area contributed by atoms with Gasteiger partial charge in [-0.2, -0.15) is 0 Å². The van der Waals surface area contributed by atoms with Crippen molar-refractivity contribution < 1.29 is 0 Å². The molecule has 0 saturated heterocycles. The standard InChI is InChI=1S/C15H27N/c1-15(2)8-7-12(10-16-13-5-6-13)14(9-15)11-3-4-11/h11-14,16H,3-10H2,1-2H3. The van der Waals surface area contributed by atoms with Gasteiger partial charge in [0.25, 0.3) is 0 Å². The van der Waals surface area contributed by atoms with Crippen LogP contribution in [0, 0.1) is 23.2 Å². The number of hydrogen-bond donors (Lipinski definition) is 1. The summed E-state index contributed by atoms with van der Waals surface area (Å²) in [7, 11) is 0. The third kappa shape index (κ3) is 2.61. The fourth-order valence-corrected chi connectivity index (χ4v) is 3.63. The summed E-state index contributed by atoms with van der Waals surface area (Å²) in [5, 5.41) is 3.77. The van der Waals surface area contributed by atoms with Crippen LogP contribution in [-0.4, -0.2) is 12.6 Å². The van der Waals surface area contributed by atoms with Crippen molar-refractivity contribution in [3.63, 3.8) is 0 Å². The van der Waals surface area contributed by atoms with E-state index in [9.17, 15) is 0 Å². The molecule has 1 nitrogen and oxygen atoms in total. The fraction of sp³-hybridized carbons (Fsp3) is 1.00. The second-order valence-electron chi connectivity index (χ2n) is 7.35. The van der Waals surface area contributed by atoms with E-state index in [4.69, 9.17) is 0 Å². The van der Waals surface area contributed by atoms with Gasteiger partial charge in [-0.3, -0.25) is 0 Å². The molecule has 0 bridgehead atoms. The molecule has 0 amide bonds. The lowest BCUT2D eigenvalue weighted by molar-refractivity contribution is 0.101. The monoisotopic (exact) mass is 221 g/mol. The molecule has 0 aromatic heterocycles. The van der Waals surface area contributed by atoms with Crippen molar-refractivity contribution in [1.82, 2.24) is 5.32 Å². The maximum Gasteiger partial charge on any atom is 0.00683 e. The largest absolute Gasteiger partial charge is 0.314 e. The van der Waals surface area contributed by atoms with Gasteiger partial charge in [-0.05, 0) is 74.7 Å². The molecule has 3 fully saturated rings. The Balaban J connectivity index is 1.57. The SMILES string of the molecule is CC1(C)CCC(CNC2CC2)C(C2CC2)C1. The van der Waals surface area contributed by atoms with Gasteiger partial charge in [0.05, 0.1) is 0 Å². The van der Waals surface area contributed by atoms with Crippen LogP contribution in [0.1, 0.15) is 58.8 Å². The number of rotatable bonds is 4. The maximum absolute atomic E-state index is 3.77. The molecule has 2 atom stereocenters. The van der Waals surface area contributed by atoms with E-state index in [0.717, 1.165) is 23.8 Å². The molecule has 3 aliphatic carbocycles. The van der Waals surface area contributed by atoms with Crippen molar-refractivity contribution in [2.45, 2.75) is 64.8 Å². The highest BCUT2D eigenvalue weighted by Gasteiger charge is 2.42. The Morgan fingerprint density at radius 1 is 1.06 bits per heavy atom. The van der Waals surface area contributed by atoms with Gasteiger partial charge < -0.3 is 5.32 Å². The van der Waals surface area contributed by atoms with Crippen LogP contribution in [0.15, 0.2) is 0 Å². The fourth-order valence-electron chi connectivity index (χ4n) is 3.63. The zero-order valence-electron chi connectivity index (χ0n) is 11.0. The lowest BCUT2D eigenvalue weighted by atomic mass is 9.65. The molecular formula is C15H27N. The zero-order chi connectivity index (χ0) is 11.2. The minimum absolute atomic E-state index is 0.628. The molecule has 92 valence electrons. The molecule has 3 saturated carbocycles. The van der Waals surface area contributed by atoms with E-state index >= 15 is 0 Å². The summed E-state index contributed by atoms with van der Waals surface area (Å²) in [5.41, 5.74) is 0.628. The van der Waals surface area contributed by atoms with Crippen LogP contribution in [0.5, 0.6) is 0 Å². The summed E-state index contributed by atoms with van der Waals surface area (Å²) < 4.78 is 0. The van der Waals surface area contributed by atoms with Gasteiger partial charge in [0.2, 0.25) is 0 Å². The molecule has 0 aromatic rings. The van der Waals surface area contributed by atoms with Crippen molar-refractivity contribution in [1.29, 1.82) is 0 Å². The van der Waals surface area contributed by atoms with E-state index in [1.807, 2.05) is 0 Å². The Morgan fingerprint density at radius 2 is 1.81 bits per heavy atom. The molecule has 0 heterocycles. The van der Waals surface area contributed by atoms with Crippen LogP contribution in [0.2, 0.25) is 0 Å². The predicted molar refractivity (Wildman–Crippen MR) is 68.4 cm³/mol. The molecule has 16 heavy (non-hydrogen) atoms. The van der Waals surface area contributed by atoms with E-state index in [2.05, 4.69) is 19.2 Å². The third-order valence-corrected chi connectivity index (χ3v) is 5.06. The molecule has 0 spiro atoms. The lowest BCUT2D eigenvalue weighted by Crippen LogP contribution is -2.37. The normalized spacial score (nSPS) is 38.6. The van der Waals surface area contributed by atoms with Crippen LogP contribution < -0.4 is 5.32 Å². The summed E-state index contributed by atoms with van der Waals surface area (Å²) in [4.78, 5) is 0. The molecule has 0 aliphatic heterocycles. The zero-order valence-corrected chi connectivity index (χ0v) is 11.0. The molecule has 0 radical (unpaired) electrons. The van der Waals surface area contributed by atoms with E-state index in [1.54, 1.807) is 0 Å². The second-order valence-corrected chi connectivity index (χ2v) is 7.35. The highest BCUT2D eigenvalue weighted by molar-refractivity contribution is 4.94. The van der Waals surface area contributed by atoms with E-state index in [1.165, 1.54) is 51.5 Å². The van der Waals surface area contributed by atoms with Crippen molar-refractivity contribution in [3.05, 3.63) is 0 Å². The molecule has 3 rings (SSSR count). The first-order valence-electron chi connectivity index (χ1n) is 7.37. The Bertz CT molecular complexity index is 248. The van der Waals surface area contributed by atoms with E-state index < -0.39 is 0 Å². The minimum atomic E-state index is 0.628. The first-order valence-corrected chi connectivity index (χ1v) is 7.37. The average molecular weight is 221 g/mol.